The largest absolute Gasteiger partial charge is 0.329 e. The van der Waals surface area contributed by atoms with E-state index in [1.807, 2.05) is 6.07 Å². The Hall–Kier alpha value is -0.380. The zero-order chi connectivity index (χ0) is 12.7. The van der Waals surface area contributed by atoms with Gasteiger partial charge in [-0.25, -0.2) is 0 Å². The molecule has 2 N–H and O–H groups in total. The number of halogens is 1. The van der Waals surface area contributed by atoms with Gasteiger partial charge in [0.15, 0.2) is 0 Å². The van der Waals surface area contributed by atoms with Crippen LogP contribution in [0.25, 0.3) is 0 Å². The highest BCUT2D eigenvalue weighted by atomic mass is 79.9. The number of nitrogens with two attached hydrogens (primary N) is 1. The fourth-order valence-corrected chi connectivity index (χ4v) is 2.66. The summed E-state index contributed by atoms with van der Waals surface area (Å²) in [4.78, 5) is 2.46. The number of unbranched alkanes of at least 4 members (excludes halogenated alkanes) is 1. The van der Waals surface area contributed by atoms with Crippen LogP contribution < -0.4 is 5.73 Å². The SMILES string of the molecule is CCCCN(CC)C(CN)c1ccccc1Br. The molecule has 0 spiro atoms. The molecule has 0 aliphatic rings. The first-order valence-electron chi connectivity index (χ1n) is 6.43. The highest BCUT2D eigenvalue weighted by molar-refractivity contribution is 9.10. The molecular weight excluding hydrogens is 276 g/mol. The highest BCUT2D eigenvalue weighted by Crippen LogP contribution is 2.27. The molecular formula is C14H23BrN2. The second-order valence-electron chi connectivity index (χ2n) is 4.26. The first-order valence-corrected chi connectivity index (χ1v) is 7.22. The lowest BCUT2D eigenvalue weighted by molar-refractivity contribution is 0.208. The Labute approximate surface area is 113 Å². The second kappa shape index (κ2) is 7.85. The van der Waals surface area contributed by atoms with Crippen LogP contribution in [0.1, 0.15) is 38.3 Å². The molecule has 0 saturated heterocycles. The van der Waals surface area contributed by atoms with E-state index in [1.54, 1.807) is 0 Å². The normalized spacial score (nSPS) is 13.0. The Morgan fingerprint density at radius 2 is 2.00 bits per heavy atom. The maximum atomic E-state index is 5.96. The van der Waals surface area contributed by atoms with Gasteiger partial charge >= 0.3 is 0 Å². The molecule has 1 aromatic rings. The van der Waals surface area contributed by atoms with Crippen molar-refractivity contribution in [1.29, 1.82) is 0 Å². The summed E-state index contributed by atoms with van der Waals surface area (Å²) in [7, 11) is 0. The first kappa shape index (κ1) is 14.7. The van der Waals surface area contributed by atoms with Crippen LogP contribution in [0.15, 0.2) is 28.7 Å². The van der Waals surface area contributed by atoms with Crippen LogP contribution in [0.4, 0.5) is 0 Å². The average Bonchev–Trinajstić information content (AvgIpc) is 2.36. The van der Waals surface area contributed by atoms with E-state index in [9.17, 15) is 0 Å². The second-order valence-corrected chi connectivity index (χ2v) is 5.11. The lowest BCUT2D eigenvalue weighted by atomic mass is 10.0. The van der Waals surface area contributed by atoms with Gasteiger partial charge in [-0.2, -0.15) is 0 Å². The summed E-state index contributed by atoms with van der Waals surface area (Å²) in [6, 6.07) is 8.70. The Bertz CT molecular complexity index is 328. The summed E-state index contributed by atoms with van der Waals surface area (Å²) in [5.41, 5.74) is 7.26. The van der Waals surface area contributed by atoms with Crippen molar-refractivity contribution in [1.82, 2.24) is 4.90 Å². The van der Waals surface area contributed by atoms with E-state index in [4.69, 9.17) is 5.73 Å². The summed E-state index contributed by atoms with van der Waals surface area (Å²) in [6.07, 6.45) is 2.46. The standard InChI is InChI=1S/C14H23BrN2/c1-3-5-10-17(4-2)14(11-16)12-8-6-7-9-13(12)15/h6-9,14H,3-5,10-11,16H2,1-2H3. The fourth-order valence-electron chi connectivity index (χ4n) is 2.11. The monoisotopic (exact) mass is 298 g/mol. The Morgan fingerprint density at radius 1 is 1.29 bits per heavy atom. The predicted molar refractivity (Wildman–Crippen MR) is 78.1 cm³/mol. The van der Waals surface area contributed by atoms with E-state index in [1.165, 1.54) is 18.4 Å². The van der Waals surface area contributed by atoms with Crippen LogP contribution in [0.5, 0.6) is 0 Å². The van der Waals surface area contributed by atoms with Crippen LogP contribution in [0.3, 0.4) is 0 Å². The van der Waals surface area contributed by atoms with Gasteiger partial charge in [-0.1, -0.05) is 54.4 Å². The molecule has 0 aromatic heterocycles. The van der Waals surface area contributed by atoms with Crippen molar-refractivity contribution in [2.45, 2.75) is 32.7 Å². The third kappa shape index (κ3) is 4.09. The van der Waals surface area contributed by atoms with Crippen LogP contribution >= 0.6 is 15.9 Å². The van der Waals surface area contributed by atoms with Crippen molar-refractivity contribution in [3.05, 3.63) is 34.3 Å². The highest BCUT2D eigenvalue weighted by Gasteiger charge is 2.18. The number of rotatable bonds is 7. The summed E-state index contributed by atoms with van der Waals surface area (Å²) in [5, 5.41) is 0. The summed E-state index contributed by atoms with van der Waals surface area (Å²) in [5.74, 6) is 0. The minimum absolute atomic E-state index is 0.321. The zero-order valence-electron chi connectivity index (χ0n) is 10.8. The number of hydrogen-bond acceptors (Lipinski definition) is 2. The summed E-state index contributed by atoms with van der Waals surface area (Å²) < 4.78 is 1.16. The van der Waals surface area contributed by atoms with Gasteiger partial charge in [0.25, 0.3) is 0 Å². The van der Waals surface area contributed by atoms with Crippen LogP contribution in [0.2, 0.25) is 0 Å². The fraction of sp³-hybridized carbons (Fsp3) is 0.571. The van der Waals surface area contributed by atoms with Crippen molar-refractivity contribution in [3.8, 4) is 0 Å². The molecule has 2 nitrogen and oxygen atoms in total. The molecule has 3 heteroatoms. The molecule has 1 rings (SSSR count). The van der Waals surface area contributed by atoms with Crippen molar-refractivity contribution in [2.75, 3.05) is 19.6 Å². The van der Waals surface area contributed by atoms with Gasteiger partial charge in [-0.05, 0) is 31.1 Å². The van der Waals surface area contributed by atoms with Crippen LogP contribution in [-0.4, -0.2) is 24.5 Å². The third-order valence-electron chi connectivity index (χ3n) is 3.13. The maximum absolute atomic E-state index is 5.96. The molecule has 1 atom stereocenters. The van der Waals surface area contributed by atoms with Gasteiger partial charge in [0.2, 0.25) is 0 Å². The van der Waals surface area contributed by atoms with Crippen LogP contribution in [-0.2, 0) is 0 Å². The van der Waals surface area contributed by atoms with E-state index < -0.39 is 0 Å². The molecule has 0 saturated carbocycles. The number of hydrogen-bond donors (Lipinski definition) is 1. The van der Waals surface area contributed by atoms with Gasteiger partial charge < -0.3 is 5.73 Å². The summed E-state index contributed by atoms with van der Waals surface area (Å²) >= 11 is 3.62. The molecule has 0 radical (unpaired) electrons. The third-order valence-corrected chi connectivity index (χ3v) is 3.86. The van der Waals surface area contributed by atoms with Gasteiger partial charge in [0.05, 0.1) is 0 Å². The van der Waals surface area contributed by atoms with Crippen molar-refractivity contribution in [2.24, 2.45) is 5.73 Å². The van der Waals surface area contributed by atoms with Gasteiger partial charge in [0.1, 0.15) is 0 Å². The quantitative estimate of drug-likeness (QED) is 0.834. The molecule has 0 aliphatic heterocycles. The lowest BCUT2D eigenvalue weighted by Gasteiger charge is -2.30. The van der Waals surface area contributed by atoms with E-state index >= 15 is 0 Å². The molecule has 1 unspecified atom stereocenters. The molecule has 0 amide bonds. The number of likely N-dealkylation sites (N-methyl/N-ethyl adjacent to an activating group) is 1. The van der Waals surface area contributed by atoms with Crippen LogP contribution in [0, 0.1) is 0 Å². The van der Waals surface area contributed by atoms with E-state index in [-0.39, 0.29) is 0 Å². The molecule has 96 valence electrons. The molecule has 1 aromatic carbocycles. The van der Waals surface area contributed by atoms with Gasteiger partial charge in [-0.15, -0.1) is 0 Å². The lowest BCUT2D eigenvalue weighted by Crippen LogP contribution is -2.34. The molecule has 0 bridgehead atoms. The minimum atomic E-state index is 0.321. The number of nitrogens with zero attached hydrogens (tertiary/aromatic N) is 1. The van der Waals surface area contributed by atoms with Crippen molar-refractivity contribution < 1.29 is 0 Å². The Balaban J connectivity index is 2.85. The smallest absolute Gasteiger partial charge is 0.0481 e. The molecule has 0 aliphatic carbocycles. The Kier molecular flexibility index (Phi) is 6.78. The Morgan fingerprint density at radius 3 is 2.53 bits per heavy atom. The number of benzene rings is 1. The van der Waals surface area contributed by atoms with Gasteiger partial charge in [0, 0.05) is 17.1 Å². The zero-order valence-corrected chi connectivity index (χ0v) is 12.4. The minimum Gasteiger partial charge on any atom is -0.329 e. The molecule has 17 heavy (non-hydrogen) atoms. The van der Waals surface area contributed by atoms with E-state index in [0.29, 0.717) is 12.6 Å². The average molecular weight is 299 g/mol. The van der Waals surface area contributed by atoms with Gasteiger partial charge in [-0.3, -0.25) is 4.90 Å². The topological polar surface area (TPSA) is 29.3 Å². The van der Waals surface area contributed by atoms with Crippen molar-refractivity contribution in [3.63, 3.8) is 0 Å². The molecule has 0 fully saturated rings. The van der Waals surface area contributed by atoms with E-state index in [0.717, 1.165) is 17.6 Å². The van der Waals surface area contributed by atoms with Crippen molar-refractivity contribution >= 4 is 15.9 Å². The predicted octanol–water partition coefficient (Wildman–Crippen LogP) is 3.57. The first-order chi connectivity index (χ1) is 8.24. The molecule has 0 heterocycles. The maximum Gasteiger partial charge on any atom is 0.0481 e. The van der Waals surface area contributed by atoms with E-state index in [2.05, 4.69) is 52.9 Å². The summed E-state index contributed by atoms with van der Waals surface area (Å²) in [6.45, 7) is 7.26.